The highest BCUT2D eigenvalue weighted by Crippen LogP contribution is 2.66. The summed E-state index contributed by atoms with van der Waals surface area (Å²) in [6.45, 7) is 5.17. The van der Waals surface area contributed by atoms with Crippen LogP contribution in [0.3, 0.4) is 0 Å². The highest BCUT2D eigenvalue weighted by molar-refractivity contribution is 6.27. The van der Waals surface area contributed by atoms with E-state index >= 15 is 0 Å². The molecule has 1 unspecified atom stereocenters. The summed E-state index contributed by atoms with van der Waals surface area (Å²) in [6, 6.07) is -0.651. The van der Waals surface area contributed by atoms with Crippen LogP contribution in [0, 0.1) is 47.3 Å². The van der Waals surface area contributed by atoms with E-state index in [1.807, 2.05) is 12.2 Å². The Morgan fingerprint density at radius 2 is 1.89 bits per heavy atom. The molecule has 7 nitrogen and oxygen atoms in total. The third-order valence-corrected chi connectivity index (χ3v) is 10.4. The molecular formula is C29H38N2O5. The second-order valence-corrected chi connectivity index (χ2v) is 12.0. The average molecular weight is 495 g/mol. The summed E-state index contributed by atoms with van der Waals surface area (Å²) in [6.07, 6.45) is 13.2. The number of carbonyl (C=O) groups is 3. The predicted octanol–water partition coefficient (Wildman–Crippen LogP) is 3.23. The number of aliphatic hydroxyl groups excluding tert-OH is 1. The van der Waals surface area contributed by atoms with Crippen LogP contribution in [0.15, 0.2) is 35.6 Å². The van der Waals surface area contributed by atoms with Gasteiger partial charge in [0.1, 0.15) is 11.3 Å². The first-order valence-corrected chi connectivity index (χ1v) is 13.9. The number of ketones is 1. The maximum absolute atomic E-state index is 12.8. The Bertz CT molecular complexity index is 1050. The summed E-state index contributed by atoms with van der Waals surface area (Å²) in [5.41, 5.74) is -0.139. The van der Waals surface area contributed by atoms with E-state index in [1.165, 1.54) is 12.8 Å². The van der Waals surface area contributed by atoms with Gasteiger partial charge in [0.15, 0.2) is 5.78 Å². The van der Waals surface area contributed by atoms with E-state index in [-0.39, 0.29) is 28.9 Å². The molecule has 3 N–H and O–H groups in total. The number of Topliss-reactive ketones (excluding diaryl/α,β-unsaturated/α-hetero) is 1. The highest BCUT2D eigenvalue weighted by atomic mass is 16.6. The fourth-order valence-electron chi connectivity index (χ4n) is 8.75. The van der Waals surface area contributed by atoms with E-state index in [0.29, 0.717) is 67.1 Å². The van der Waals surface area contributed by atoms with Crippen molar-refractivity contribution in [3.63, 3.8) is 0 Å². The van der Waals surface area contributed by atoms with Crippen LogP contribution >= 0.6 is 0 Å². The van der Waals surface area contributed by atoms with Gasteiger partial charge in [0.25, 0.3) is 5.91 Å². The molecule has 0 aromatic heterocycles. The van der Waals surface area contributed by atoms with Gasteiger partial charge in [0.05, 0.1) is 18.2 Å². The molecular weight excluding hydrogens is 456 g/mol. The molecule has 7 heteroatoms. The van der Waals surface area contributed by atoms with Gasteiger partial charge in [-0.25, -0.2) is 0 Å². The van der Waals surface area contributed by atoms with Crippen LogP contribution < -0.4 is 10.6 Å². The van der Waals surface area contributed by atoms with Gasteiger partial charge in [-0.1, -0.05) is 32.4 Å². The van der Waals surface area contributed by atoms with Crippen LogP contribution in [0.1, 0.15) is 52.4 Å². The molecule has 3 heterocycles. The third-order valence-electron chi connectivity index (χ3n) is 10.4. The van der Waals surface area contributed by atoms with E-state index in [1.54, 1.807) is 12.2 Å². The van der Waals surface area contributed by atoms with Crippen molar-refractivity contribution in [3.05, 3.63) is 35.6 Å². The largest absolute Gasteiger partial charge is 0.507 e. The summed E-state index contributed by atoms with van der Waals surface area (Å²) in [5.74, 6) is 2.99. The zero-order valence-corrected chi connectivity index (χ0v) is 21.2. The Morgan fingerprint density at radius 3 is 2.69 bits per heavy atom. The molecule has 6 aliphatic rings. The van der Waals surface area contributed by atoms with Crippen molar-refractivity contribution in [1.29, 1.82) is 0 Å². The quantitative estimate of drug-likeness (QED) is 0.383. The van der Waals surface area contributed by atoms with Crippen molar-refractivity contribution in [2.24, 2.45) is 47.3 Å². The lowest BCUT2D eigenvalue weighted by Gasteiger charge is -2.37. The minimum absolute atomic E-state index is 0.122. The maximum Gasteiger partial charge on any atom is 0.259 e. The van der Waals surface area contributed by atoms with Crippen molar-refractivity contribution >= 4 is 17.6 Å². The fourth-order valence-corrected chi connectivity index (χ4v) is 8.75. The number of nitrogens with one attached hydrogen (secondary N) is 2. The van der Waals surface area contributed by atoms with Gasteiger partial charge < -0.3 is 20.5 Å². The number of aliphatic hydroxyl groups is 1. The molecule has 0 spiro atoms. The molecule has 11 atom stereocenters. The van der Waals surface area contributed by atoms with Crippen molar-refractivity contribution in [2.75, 3.05) is 6.54 Å². The van der Waals surface area contributed by atoms with Crippen LogP contribution in [-0.2, 0) is 19.1 Å². The lowest BCUT2D eigenvalue weighted by atomic mass is 9.65. The second kappa shape index (κ2) is 9.16. The summed E-state index contributed by atoms with van der Waals surface area (Å²) in [7, 11) is 0. The van der Waals surface area contributed by atoms with E-state index in [0.717, 1.165) is 18.8 Å². The van der Waals surface area contributed by atoms with Gasteiger partial charge in [-0.15, -0.1) is 0 Å². The summed E-state index contributed by atoms with van der Waals surface area (Å²) in [5, 5.41) is 16.4. The Labute approximate surface area is 212 Å². The van der Waals surface area contributed by atoms with E-state index in [2.05, 4.69) is 24.5 Å². The number of fused-ring (bicyclic) bond motifs is 10. The fraction of sp³-hybridized carbons (Fsp3) is 0.690. The number of carbonyl (C=O) groups excluding carboxylic acids is 3. The smallest absolute Gasteiger partial charge is 0.259 e. The van der Waals surface area contributed by atoms with Gasteiger partial charge >= 0.3 is 0 Å². The van der Waals surface area contributed by atoms with Crippen molar-refractivity contribution < 1.29 is 24.2 Å². The molecule has 0 aromatic rings. The lowest BCUT2D eigenvalue weighted by Crippen LogP contribution is -2.39. The SMILES string of the molecule is CC[C@H]1C[C@H]2C([C@H]1C)[C@H]1C[C@H]3/C=C/C(O)=C4C(=O)N[C@@H](CCCNC(=O)/C=C\C[C@@H]3[C@H]1[C@@H]1O[C@@H]12)C4=O. The topological polar surface area (TPSA) is 108 Å². The first kappa shape index (κ1) is 24.0. The van der Waals surface area contributed by atoms with Gasteiger partial charge in [0, 0.05) is 6.54 Å². The van der Waals surface area contributed by atoms with Crippen LogP contribution in [0.4, 0.5) is 0 Å². The Balaban J connectivity index is 1.33. The highest BCUT2D eigenvalue weighted by Gasteiger charge is 2.67. The molecule has 2 amide bonds. The predicted molar refractivity (Wildman–Crippen MR) is 134 cm³/mol. The van der Waals surface area contributed by atoms with Crippen molar-refractivity contribution in [2.45, 2.75) is 70.6 Å². The zero-order chi connectivity index (χ0) is 25.1. The number of amides is 2. The number of epoxide rings is 1. The molecule has 0 radical (unpaired) electrons. The molecule has 3 aliphatic carbocycles. The summed E-state index contributed by atoms with van der Waals surface area (Å²) in [4.78, 5) is 37.7. The molecule has 0 aromatic carbocycles. The number of hydrogen-bond donors (Lipinski definition) is 3. The minimum atomic E-state index is -0.651. The third kappa shape index (κ3) is 3.85. The summed E-state index contributed by atoms with van der Waals surface area (Å²) < 4.78 is 6.36. The number of rotatable bonds is 1. The van der Waals surface area contributed by atoms with Crippen LogP contribution in [-0.4, -0.2) is 47.5 Å². The van der Waals surface area contributed by atoms with E-state index in [9.17, 15) is 19.5 Å². The maximum atomic E-state index is 12.8. The Morgan fingerprint density at radius 1 is 1.06 bits per heavy atom. The second-order valence-electron chi connectivity index (χ2n) is 12.0. The van der Waals surface area contributed by atoms with Crippen molar-refractivity contribution in [1.82, 2.24) is 10.6 Å². The van der Waals surface area contributed by atoms with Gasteiger partial charge in [0.2, 0.25) is 5.91 Å². The summed E-state index contributed by atoms with van der Waals surface area (Å²) >= 11 is 0. The van der Waals surface area contributed by atoms with Crippen LogP contribution in [0.5, 0.6) is 0 Å². The van der Waals surface area contributed by atoms with Crippen molar-refractivity contribution in [3.8, 4) is 0 Å². The number of allylic oxidation sites excluding steroid dienone is 3. The normalized spacial score (nSPS) is 47.8. The number of ether oxygens (including phenoxy) is 1. The molecule has 5 fully saturated rings. The first-order valence-electron chi connectivity index (χ1n) is 13.9. The number of hydrogen-bond acceptors (Lipinski definition) is 5. The molecule has 3 aliphatic heterocycles. The minimum Gasteiger partial charge on any atom is -0.507 e. The monoisotopic (exact) mass is 494 g/mol. The molecule has 6 rings (SSSR count). The van der Waals surface area contributed by atoms with Gasteiger partial charge in [-0.2, -0.15) is 0 Å². The molecule has 2 saturated heterocycles. The van der Waals surface area contributed by atoms with E-state index < -0.39 is 11.9 Å². The molecule has 36 heavy (non-hydrogen) atoms. The molecule has 3 saturated carbocycles. The Kier molecular flexibility index (Phi) is 6.09. The lowest BCUT2D eigenvalue weighted by molar-refractivity contribution is -0.118. The molecule has 194 valence electrons. The van der Waals surface area contributed by atoms with Gasteiger partial charge in [-0.05, 0) is 91.6 Å². The van der Waals surface area contributed by atoms with Gasteiger partial charge in [-0.3, -0.25) is 14.4 Å². The first-order chi connectivity index (χ1) is 17.4. The zero-order valence-electron chi connectivity index (χ0n) is 21.2. The average Bonchev–Trinajstić information content (AvgIpc) is 3.35. The van der Waals surface area contributed by atoms with E-state index in [4.69, 9.17) is 4.74 Å². The standard InChI is InChI=1S/C29H38N2O5/c1-3-15-12-19-23(14(15)2)18-13-16-9-10-21(32)25-26(34)20(31-29(25)35)7-5-11-30-22(33)8-4-6-17(16)24(18)28-27(19)36-28/h4,8-10,14-20,23-24,27-28,32H,3,5-7,11-13H2,1-2H3,(H,30,33)(H,31,35)/b8-4-,10-9+,25-21?/t14-,15-,16+,17-,18+,19-,20-,23?,24+,27+,28-/m0/s1. The Hall–Kier alpha value is -2.41. The molecule has 2 bridgehead atoms. The van der Waals surface area contributed by atoms with Crippen LogP contribution in [0.2, 0.25) is 0 Å². The van der Waals surface area contributed by atoms with Crippen LogP contribution in [0.25, 0.3) is 0 Å².